The highest BCUT2D eigenvalue weighted by molar-refractivity contribution is 5.87. The number of nitrogens with zero attached hydrogens (tertiary/aromatic N) is 2. The van der Waals surface area contributed by atoms with Crippen molar-refractivity contribution in [3.05, 3.63) is 29.8 Å². The zero-order chi connectivity index (χ0) is 15.9. The molecule has 0 unspecified atom stereocenters. The Labute approximate surface area is 130 Å². The van der Waals surface area contributed by atoms with Gasteiger partial charge in [0.2, 0.25) is 5.91 Å². The Kier molecular flexibility index (Phi) is 5.77. The van der Waals surface area contributed by atoms with Crippen LogP contribution in [0.25, 0.3) is 0 Å². The molecule has 1 aromatic rings. The molecule has 6 heteroatoms. The zero-order valence-corrected chi connectivity index (χ0v) is 12.8. The molecule has 0 radical (unpaired) electrons. The Bertz CT molecular complexity index is 507. The molecule has 120 valence electrons. The molecule has 2 rings (SSSR count). The Balaban J connectivity index is 1.63. The predicted octanol–water partition coefficient (Wildman–Crippen LogP) is 1.32. The van der Waals surface area contributed by atoms with Crippen LogP contribution in [0.1, 0.15) is 23.7 Å². The van der Waals surface area contributed by atoms with E-state index in [4.69, 9.17) is 9.84 Å². The summed E-state index contributed by atoms with van der Waals surface area (Å²) in [5.41, 5.74) is 0.260. The lowest BCUT2D eigenvalue weighted by Crippen LogP contribution is -2.48. The van der Waals surface area contributed by atoms with Crippen molar-refractivity contribution in [3.8, 4) is 5.75 Å². The number of amides is 1. The molecule has 1 N–H and O–H groups in total. The first-order valence-corrected chi connectivity index (χ1v) is 7.50. The van der Waals surface area contributed by atoms with E-state index in [1.807, 2.05) is 4.90 Å². The number of rotatable bonds is 6. The van der Waals surface area contributed by atoms with E-state index in [0.29, 0.717) is 12.4 Å². The number of piperazine rings is 1. The van der Waals surface area contributed by atoms with Crippen LogP contribution in [0.15, 0.2) is 24.3 Å². The van der Waals surface area contributed by atoms with Crippen LogP contribution >= 0.6 is 0 Å². The normalized spacial score (nSPS) is 15.6. The van der Waals surface area contributed by atoms with Gasteiger partial charge in [0.1, 0.15) is 5.75 Å². The summed E-state index contributed by atoms with van der Waals surface area (Å²) in [6.07, 6.45) is 0.904. The van der Waals surface area contributed by atoms with Crippen molar-refractivity contribution < 1.29 is 19.4 Å². The molecule has 0 saturated carbocycles. The fourth-order valence-electron chi connectivity index (χ4n) is 2.46. The second-order valence-corrected chi connectivity index (χ2v) is 5.38. The van der Waals surface area contributed by atoms with E-state index in [2.05, 4.69) is 4.90 Å². The number of hydrogen-bond acceptors (Lipinski definition) is 4. The van der Waals surface area contributed by atoms with Gasteiger partial charge in [0.15, 0.2) is 0 Å². The molecule has 1 aliphatic rings. The van der Waals surface area contributed by atoms with Crippen LogP contribution in [0, 0.1) is 0 Å². The fraction of sp³-hybridized carbons (Fsp3) is 0.500. The van der Waals surface area contributed by atoms with Crippen LogP contribution in [-0.2, 0) is 4.79 Å². The van der Waals surface area contributed by atoms with Crippen LogP contribution < -0.4 is 4.74 Å². The molecule has 1 saturated heterocycles. The molecular weight excluding hydrogens is 284 g/mol. The second kappa shape index (κ2) is 7.79. The summed E-state index contributed by atoms with van der Waals surface area (Å²) in [6.45, 7) is 6.57. The lowest BCUT2D eigenvalue weighted by atomic mass is 10.2. The summed E-state index contributed by atoms with van der Waals surface area (Å²) >= 11 is 0. The lowest BCUT2D eigenvalue weighted by Gasteiger charge is -2.34. The zero-order valence-electron chi connectivity index (χ0n) is 12.8. The first-order chi connectivity index (χ1) is 10.6. The second-order valence-electron chi connectivity index (χ2n) is 5.38. The number of carboxylic acid groups (broad SMARTS) is 1. The van der Waals surface area contributed by atoms with E-state index < -0.39 is 5.97 Å². The molecule has 6 nitrogen and oxygen atoms in total. The Morgan fingerprint density at radius 2 is 1.77 bits per heavy atom. The summed E-state index contributed by atoms with van der Waals surface area (Å²) in [5, 5.41) is 8.82. The van der Waals surface area contributed by atoms with Gasteiger partial charge in [-0.05, 0) is 30.7 Å². The number of carbonyl (C=O) groups excluding carboxylic acids is 1. The van der Waals surface area contributed by atoms with E-state index in [1.54, 1.807) is 31.2 Å². The molecule has 0 atom stereocenters. The van der Waals surface area contributed by atoms with Gasteiger partial charge >= 0.3 is 5.97 Å². The van der Waals surface area contributed by atoms with Gasteiger partial charge in [0, 0.05) is 39.6 Å². The highest BCUT2D eigenvalue weighted by Crippen LogP contribution is 2.12. The smallest absolute Gasteiger partial charge is 0.335 e. The first-order valence-electron chi connectivity index (χ1n) is 7.50. The molecule has 0 aromatic heterocycles. The lowest BCUT2D eigenvalue weighted by molar-refractivity contribution is -0.130. The van der Waals surface area contributed by atoms with E-state index in [0.717, 1.165) is 39.1 Å². The average Bonchev–Trinajstić information content (AvgIpc) is 2.52. The summed E-state index contributed by atoms with van der Waals surface area (Å²) in [6, 6.07) is 6.43. The van der Waals surface area contributed by atoms with E-state index in [1.165, 1.54) is 0 Å². The van der Waals surface area contributed by atoms with E-state index in [9.17, 15) is 9.59 Å². The van der Waals surface area contributed by atoms with Crippen molar-refractivity contribution >= 4 is 11.9 Å². The van der Waals surface area contributed by atoms with Crippen LogP contribution in [0.3, 0.4) is 0 Å². The Hall–Kier alpha value is -2.08. The summed E-state index contributed by atoms with van der Waals surface area (Å²) < 4.78 is 5.61. The van der Waals surface area contributed by atoms with Gasteiger partial charge in [-0.3, -0.25) is 9.69 Å². The molecule has 0 bridgehead atoms. The SMILES string of the molecule is CC(=O)N1CCN(CCCOc2ccc(C(=O)O)cc2)CC1. The Morgan fingerprint density at radius 1 is 1.14 bits per heavy atom. The highest BCUT2D eigenvalue weighted by atomic mass is 16.5. The number of hydrogen-bond donors (Lipinski definition) is 1. The molecule has 22 heavy (non-hydrogen) atoms. The third-order valence-electron chi connectivity index (χ3n) is 3.81. The quantitative estimate of drug-likeness (QED) is 0.803. The van der Waals surface area contributed by atoms with E-state index in [-0.39, 0.29) is 11.5 Å². The minimum atomic E-state index is -0.934. The highest BCUT2D eigenvalue weighted by Gasteiger charge is 2.17. The van der Waals surface area contributed by atoms with Crippen molar-refractivity contribution in [1.82, 2.24) is 9.80 Å². The van der Waals surface area contributed by atoms with Crippen molar-refractivity contribution in [1.29, 1.82) is 0 Å². The van der Waals surface area contributed by atoms with Gasteiger partial charge in [-0.25, -0.2) is 4.79 Å². The molecule has 1 fully saturated rings. The van der Waals surface area contributed by atoms with E-state index >= 15 is 0 Å². The van der Waals surface area contributed by atoms with Crippen LogP contribution in [0.2, 0.25) is 0 Å². The van der Waals surface area contributed by atoms with Crippen molar-refractivity contribution in [3.63, 3.8) is 0 Å². The Morgan fingerprint density at radius 3 is 2.32 bits per heavy atom. The standard InChI is InChI=1S/C16H22N2O4/c1-13(19)18-10-8-17(9-11-18)7-2-12-22-15-5-3-14(4-6-15)16(20)21/h3-6H,2,7-12H2,1H3,(H,20,21). The number of aromatic carboxylic acids is 1. The largest absolute Gasteiger partial charge is 0.494 e. The summed E-state index contributed by atoms with van der Waals surface area (Å²) in [5.74, 6) is -0.101. The van der Waals surface area contributed by atoms with Gasteiger partial charge in [-0.15, -0.1) is 0 Å². The predicted molar refractivity (Wildman–Crippen MR) is 82.2 cm³/mol. The summed E-state index contributed by atoms with van der Waals surface area (Å²) in [4.78, 5) is 26.2. The van der Waals surface area contributed by atoms with Crippen molar-refractivity contribution in [2.24, 2.45) is 0 Å². The molecule has 1 heterocycles. The average molecular weight is 306 g/mol. The minimum Gasteiger partial charge on any atom is -0.494 e. The molecule has 1 aromatic carbocycles. The number of ether oxygens (including phenoxy) is 1. The van der Waals surface area contributed by atoms with Gasteiger partial charge < -0.3 is 14.7 Å². The van der Waals surface area contributed by atoms with Crippen LogP contribution in [0.5, 0.6) is 5.75 Å². The van der Waals surface area contributed by atoms with Gasteiger partial charge in [-0.1, -0.05) is 0 Å². The maximum absolute atomic E-state index is 11.2. The number of carbonyl (C=O) groups is 2. The van der Waals surface area contributed by atoms with Gasteiger partial charge in [-0.2, -0.15) is 0 Å². The minimum absolute atomic E-state index is 0.146. The van der Waals surface area contributed by atoms with Crippen LogP contribution in [-0.4, -0.2) is 66.1 Å². The molecule has 0 spiro atoms. The molecular formula is C16H22N2O4. The topological polar surface area (TPSA) is 70.1 Å². The fourth-order valence-corrected chi connectivity index (χ4v) is 2.46. The van der Waals surface area contributed by atoms with Gasteiger partial charge in [0.25, 0.3) is 0 Å². The number of benzene rings is 1. The molecule has 1 aliphatic heterocycles. The van der Waals surface area contributed by atoms with Crippen LogP contribution in [0.4, 0.5) is 0 Å². The maximum Gasteiger partial charge on any atom is 0.335 e. The maximum atomic E-state index is 11.2. The van der Waals surface area contributed by atoms with Gasteiger partial charge in [0.05, 0.1) is 12.2 Å². The van der Waals surface area contributed by atoms with Crippen molar-refractivity contribution in [2.75, 3.05) is 39.3 Å². The summed E-state index contributed by atoms with van der Waals surface area (Å²) in [7, 11) is 0. The van der Waals surface area contributed by atoms with Crippen molar-refractivity contribution in [2.45, 2.75) is 13.3 Å². The molecule has 0 aliphatic carbocycles. The third kappa shape index (κ3) is 4.73. The number of carboxylic acids is 1. The monoisotopic (exact) mass is 306 g/mol. The first kappa shape index (κ1) is 16.3. The third-order valence-corrected chi connectivity index (χ3v) is 3.81. The molecule has 1 amide bonds.